The zero-order valence-electron chi connectivity index (χ0n) is 16.9. The number of nitrogens with zero attached hydrogens (tertiary/aromatic N) is 3. The van der Waals surface area contributed by atoms with Gasteiger partial charge in [0.25, 0.3) is 0 Å². The average Bonchev–Trinajstić information content (AvgIpc) is 3.21. The van der Waals surface area contributed by atoms with E-state index in [2.05, 4.69) is 16.1 Å². The molecule has 0 saturated carbocycles. The van der Waals surface area contributed by atoms with Gasteiger partial charge in [0.15, 0.2) is 0 Å². The Morgan fingerprint density at radius 3 is 2.55 bits per heavy atom. The first-order chi connectivity index (χ1) is 15.1. The van der Waals surface area contributed by atoms with Gasteiger partial charge in [0, 0.05) is 28.6 Å². The van der Waals surface area contributed by atoms with Crippen molar-refractivity contribution in [1.82, 2.24) is 14.8 Å². The van der Waals surface area contributed by atoms with E-state index < -0.39 is 0 Å². The molecular formula is C25H21FN4O. The van der Waals surface area contributed by atoms with Gasteiger partial charge in [0.2, 0.25) is 0 Å². The van der Waals surface area contributed by atoms with E-state index in [0.717, 1.165) is 33.1 Å². The second kappa shape index (κ2) is 7.81. The van der Waals surface area contributed by atoms with Gasteiger partial charge in [-0.25, -0.2) is 9.07 Å². The lowest BCUT2D eigenvalue weighted by Crippen LogP contribution is -2.29. The second-order valence-corrected chi connectivity index (χ2v) is 7.61. The number of nitrogens with two attached hydrogens (primary N) is 1. The van der Waals surface area contributed by atoms with E-state index in [-0.39, 0.29) is 18.0 Å². The first-order valence-electron chi connectivity index (χ1n) is 10.1. The van der Waals surface area contributed by atoms with Crippen molar-refractivity contribution in [1.29, 1.82) is 0 Å². The molecule has 5 aromatic rings. The predicted octanol–water partition coefficient (Wildman–Crippen LogP) is 5.18. The van der Waals surface area contributed by atoms with E-state index in [0.29, 0.717) is 5.75 Å². The third-order valence-electron chi connectivity index (χ3n) is 5.29. The number of pyridine rings is 1. The number of para-hydroxylation sites is 1. The molecular weight excluding hydrogens is 391 g/mol. The molecule has 0 bridgehead atoms. The zero-order chi connectivity index (χ0) is 21.4. The van der Waals surface area contributed by atoms with Crippen LogP contribution in [0.5, 0.6) is 5.75 Å². The number of rotatable bonds is 5. The molecule has 3 aromatic carbocycles. The first-order valence-corrected chi connectivity index (χ1v) is 10.1. The molecule has 154 valence electrons. The topological polar surface area (TPSA) is 66.0 Å². The third kappa shape index (κ3) is 3.73. The van der Waals surface area contributed by atoms with Crippen molar-refractivity contribution in [3.05, 3.63) is 96.6 Å². The van der Waals surface area contributed by atoms with Gasteiger partial charge in [0.1, 0.15) is 17.7 Å². The van der Waals surface area contributed by atoms with Crippen LogP contribution in [0.25, 0.3) is 27.5 Å². The standard InChI is InChI=1S/C25H21FN4O/c1-16(27)25(19-12-17-4-2-3-5-23(17)28-14-19)31-22-10-11-24-18(13-22)15-29-30(24)21-8-6-20(26)7-9-21/h2-16,25H,27H2,1H3/t16-,25-/m0/s1. The Labute approximate surface area is 178 Å². The third-order valence-corrected chi connectivity index (χ3v) is 5.29. The minimum Gasteiger partial charge on any atom is -0.484 e. The van der Waals surface area contributed by atoms with E-state index >= 15 is 0 Å². The van der Waals surface area contributed by atoms with Crippen molar-refractivity contribution in [3.8, 4) is 11.4 Å². The first kappa shape index (κ1) is 19.2. The highest BCUT2D eigenvalue weighted by molar-refractivity contribution is 5.82. The van der Waals surface area contributed by atoms with Crippen LogP contribution in [0.1, 0.15) is 18.6 Å². The monoisotopic (exact) mass is 412 g/mol. The van der Waals surface area contributed by atoms with Gasteiger partial charge in [0.05, 0.1) is 22.9 Å². The van der Waals surface area contributed by atoms with Crippen LogP contribution < -0.4 is 10.5 Å². The SMILES string of the molecule is C[C@H](N)[C@H](Oc1ccc2c(cnn2-c2ccc(F)cc2)c1)c1cnc2ccccc2c1. The number of aromatic nitrogens is 3. The number of hydrogen-bond donors (Lipinski definition) is 1. The van der Waals surface area contributed by atoms with Crippen molar-refractivity contribution in [3.63, 3.8) is 0 Å². The summed E-state index contributed by atoms with van der Waals surface area (Å²) in [5, 5.41) is 6.41. The highest BCUT2D eigenvalue weighted by Crippen LogP contribution is 2.29. The molecule has 0 saturated heterocycles. The highest BCUT2D eigenvalue weighted by atomic mass is 19.1. The molecule has 2 aromatic heterocycles. The van der Waals surface area contributed by atoms with Crippen molar-refractivity contribution >= 4 is 21.8 Å². The number of benzene rings is 3. The van der Waals surface area contributed by atoms with Crippen LogP contribution >= 0.6 is 0 Å². The molecule has 31 heavy (non-hydrogen) atoms. The maximum Gasteiger partial charge on any atom is 0.140 e. The van der Waals surface area contributed by atoms with E-state index in [1.807, 2.05) is 55.6 Å². The van der Waals surface area contributed by atoms with Crippen molar-refractivity contribution in [2.75, 3.05) is 0 Å². The van der Waals surface area contributed by atoms with Crippen LogP contribution in [-0.4, -0.2) is 20.8 Å². The molecule has 0 aliphatic rings. The van der Waals surface area contributed by atoms with Crippen LogP contribution in [0.3, 0.4) is 0 Å². The molecule has 0 aliphatic heterocycles. The van der Waals surface area contributed by atoms with Crippen molar-refractivity contribution < 1.29 is 9.13 Å². The Kier molecular flexibility index (Phi) is 4.84. The zero-order valence-corrected chi connectivity index (χ0v) is 16.9. The Bertz CT molecular complexity index is 1360. The molecule has 2 heterocycles. The summed E-state index contributed by atoms with van der Waals surface area (Å²) in [4.78, 5) is 4.54. The minimum absolute atomic E-state index is 0.236. The van der Waals surface area contributed by atoms with Crippen LogP contribution in [0.2, 0.25) is 0 Å². The minimum atomic E-state index is -0.346. The summed E-state index contributed by atoms with van der Waals surface area (Å²) in [5.74, 6) is 0.419. The maximum absolute atomic E-state index is 13.2. The molecule has 2 N–H and O–H groups in total. The molecule has 0 spiro atoms. The molecule has 5 rings (SSSR count). The van der Waals surface area contributed by atoms with Gasteiger partial charge >= 0.3 is 0 Å². The number of fused-ring (bicyclic) bond motifs is 2. The van der Waals surface area contributed by atoms with Gasteiger partial charge in [-0.2, -0.15) is 5.10 Å². The molecule has 0 fully saturated rings. The fourth-order valence-corrected chi connectivity index (χ4v) is 3.74. The van der Waals surface area contributed by atoms with E-state index in [9.17, 15) is 4.39 Å². The molecule has 5 nitrogen and oxygen atoms in total. The van der Waals surface area contributed by atoms with Crippen molar-refractivity contribution in [2.24, 2.45) is 5.73 Å². The summed E-state index contributed by atoms with van der Waals surface area (Å²) >= 11 is 0. The second-order valence-electron chi connectivity index (χ2n) is 7.61. The van der Waals surface area contributed by atoms with Gasteiger partial charge in [-0.1, -0.05) is 18.2 Å². The van der Waals surface area contributed by atoms with E-state index in [4.69, 9.17) is 10.5 Å². The molecule has 0 aliphatic carbocycles. The van der Waals surface area contributed by atoms with Gasteiger partial charge < -0.3 is 10.5 Å². The van der Waals surface area contributed by atoms with E-state index in [1.54, 1.807) is 23.0 Å². The predicted molar refractivity (Wildman–Crippen MR) is 120 cm³/mol. The quantitative estimate of drug-likeness (QED) is 0.432. The van der Waals surface area contributed by atoms with E-state index in [1.165, 1.54) is 12.1 Å². The fourth-order valence-electron chi connectivity index (χ4n) is 3.74. The fraction of sp³-hybridized carbons (Fsp3) is 0.120. The summed E-state index contributed by atoms with van der Waals surface area (Å²) in [6, 6.07) is 21.8. The summed E-state index contributed by atoms with van der Waals surface area (Å²) in [6.45, 7) is 1.92. The Balaban J connectivity index is 1.47. The Morgan fingerprint density at radius 2 is 1.74 bits per heavy atom. The van der Waals surface area contributed by atoms with Crippen molar-refractivity contribution in [2.45, 2.75) is 19.1 Å². The van der Waals surface area contributed by atoms with Gasteiger partial charge in [-0.3, -0.25) is 4.98 Å². The maximum atomic E-state index is 13.2. The molecule has 0 radical (unpaired) electrons. The van der Waals surface area contributed by atoms with Crippen LogP contribution in [0.4, 0.5) is 4.39 Å². The largest absolute Gasteiger partial charge is 0.484 e. The number of ether oxygens (including phenoxy) is 1. The lowest BCUT2D eigenvalue weighted by Gasteiger charge is -2.23. The van der Waals surface area contributed by atoms with Gasteiger partial charge in [-0.05, 0) is 61.5 Å². The normalized spacial score (nSPS) is 13.4. The van der Waals surface area contributed by atoms with Gasteiger partial charge in [-0.15, -0.1) is 0 Å². The summed E-state index contributed by atoms with van der Waals surface area (Å²) in [5.41, 5.74) is 9.83. The average molecular weight is 412 g/mol. The lowest BCUT2D eigenvalue weighted by atomic mass is 10.0. The molecule has 0 unspecified atom stereocenters. The molecule has 2 atom stereocenters. The highest BCUT2D eigenvalue weighted by Gasteiger charge is 2.20. The number of hydrogen-bond acceptors (Lipinski definition) is 4. The molecule has 0 amide bonds. The summed E-state index contributed by atoms with van der Waals surface area (Å²) < 4.78 is 21.3. The van der Waals surface area contributed by atoms with Crippen LogP contribution in [0.15, 0.2) is 85.2 Å². The smallest absolute Gasteiger partial charge is 0.140 e. The van der Waals surface area contributed by atoms with Crippen LogP contribution in [-0.2, 0) is 0 Å². The lowest BCUT2D eigenvalue weighted by molar-refractivity contribution is 0.180. The molecule has 6 heteroatoms. The number of halogens is 1. The Hall–Kier alpha value is -3.77. The summed E-state index contributed by atoms with van der Waals surface area (Å²) in [6.07, 6.45) is 3.24. The Morgan fingerprint density at radius 1 is 0.935 bits per heavy atom. The summed E-state index contributed by atoms with van der Waals surface area (Å²) in [7, 11) is 0. The van der Waals surface area contributed by atoms with Crippen LogP contribution in [0, 0.1) is 5.82 Å².